The largest absolute Gasteiger partial charge is 0.450 e. The Morgan fingerprint density at radius 2 is 0.757 bits per heavy atom. The lowest BCUT2D eigenvalue weighted by Gasteiger charge is -2.37. The lowest BCUT2D eigenvalue weighted by atomic mass is 10.1. The number of esters is 2. The molecule has 33 heteroatoms. The van der Waals surface area contributed by atoms with Crippen molar-refractivity contribution in [2.24, 2.45) is 10.9 Å². The molecule has 0 radical (unpaired) electrons. The highest BCUT2D eigenvalue weighted by Gasteiger charge is 2.35. The van der Waals surface area contributed by atoms with E-state index in [-0.39, 0.29) is 59.0 Å². The zero-order chi connectivity index (χ0) is 75.4. The van der Waals surface area contributed by atoms with Crippen LogP contribution >= 0.6 is 0 Å². The number of anilines is 4. The molecule has 103 heavy (non-hydrogen) atoms. The standard InChI is InChI=1S/C22H29FN4O5.C17H21FN4O3.C16H23FN4O3.C15H19FN4O2/c1-14(28)30-22(5,6)19-24-18(25-32-19)15-7-8-16(23)17(13-15)26-9-11-27(12-10-26)20(29)31-21(2,3)4;1-11(23)24-17(2,3)16-20-15(21-25-16)12-4-5-13(18)14(10-12)22-8-6-19-7-9-22;1-16(2,3)24-15(22)21-8-6-20(7-9-21)13-10-11(14(18)19-23)4-5-12(13)17;1-15(2,21)14-18-13(19-22-14)10-3-4-11(16)12(9-10)20-7-5-17-6-8-20/h7-8,13H,9-12H2,1-6H3;4-5,10,19H,6-9H2,1-3H3;4-5,10,23H,6-9H2,1-3H3,(H2,18,19);3-4,9,17,21H,5-8H2,1-2H3. The first kappa shape index (κ1) is 78.6. The third-order valence-electron chi connectivity index (χ3n) is 16.1. The first-order chi connectivity index (χ1) is 48.4. The van der Waals surface area contributed by atoms with Gasteiger partial charge in [-0.2, -0.15) is 15.0 Å². The SMILES string of the molecule is CC(=O)OC(C)(C)c1nc(-c2ccc(F)c(N3CCN(C(=O)OC(C)(C)C)CC3)c2)no1.CC(=O)OC(C)(C)c1nc(-c2ccc(F)c(N3CCNCC3)c2)no1.CC(C)(C)OC(=O)N1CCN(c2cc(/C(N)=N/O)ccc2F)CC1.CC(C)(O)c1nc(-c2ccc(F)c(N3CCNCC3)c2)no1. The molecule has 0 bridgehead atoms. The van der Waals surface area contributed by atoms with Gasteiger partial charge in [0.1, 0.15) is 40.1 Å². The van der Waals surface area contributed by atoms with Crippen LogP contribution in [0.5, 0.6) is 0 Å². The van der Waals surface area contributed by atoms with Gasteiger partial charge in [0.05, 0.1) is 22.7 Å². The number of benzene rings is 4. The predicted molar refractivity (Wildman–Crippen MR) is 373 cm³/mol. The van der Waals surface area contributed by atoms with Crippen LogP contribution in [0.4, 0.5) is 49.9 Å². The zero-order valence-electron chi connectivity index (χ0n) is 60.5. The molecule has 7 aromatic rings. The van der Waals surface area contributed by atoms with Gasteiger partial charge in [-0.25, -0.2) is 27.2 Å². The molecule has 3 aromatic heterocycles. The highest BCUT2D eigenvalue weighted by atomic mass is 19.1. The Labute approximate surface area is 594 Å². The molecule has 0 spiro atoms. The molecular formula is C70H92F4N16O13. The zero-order valence-corrected chi connectivity index (χ0v) is 60.5. The van der Waals surface area contributed by atoms with Crippen molar-refractivity contribution in [2.75, 3.05) is 124 Å². The van der Waals surface area contributed by atoms with Crippen LogP contribution in [0, 0.1) is 23.3 Å². The van der Waals surface area contributed by atoms with Gasteiger partial charge in [-0.15, -0.1) is 0 Å². The van der Waals surface area contributed by atoms with Crippen LogP contribution in [0.1, 0.15) is 120 Å². The summed E-state index contributed by atoms with van der Waals surface area (Å²) in [7, 11) is 0. The number of amides is 2. The minimum Gasteiger partial charge on any atom is -0.450 e. The topological polar surface area (TPSA) is 344 Å². The lowest BCUT2D eigenvalue weighted by molar-refractivity contribution is -0.158. The van der Waals surface area contributed by atoms with Crippen molar-refractivity contribution in [1.29, 1.82) is 0 Å². The Bertz CT molecular complexity index is 4080. The van der Waals surface area contributed by atoms with Crippen molar-refractivity contribution >= 4 is 52.7 Å². The Balaban J connectivity index is 0.000000176. The molecule has 0 aliphatic carbocycles. The maximum Gasteiger partial charge on any atom is 0.410 e. The number of aliphatic hydroxyl groups is 1. The van der Waals surface area contributed by atoms with E-state index in [0.717, 1.165) is 52.4 Å². The summed E-state index contributed by atoms with van der Waals surface area (Å²) in [6.07, 6.45) is -0.742. The Morgan fingerprint density at radius 1 is 0.456 bits per heavy atom. The molecule has 4 saturated heterocycles. The number of nitrogens with two attached hydrogens (primary N) is 1. The molecule has 4 aliphatic heterocycles. The van der Waals surface area contributed by atoms with Crippen molar-refractivity contribution < 1.29 is 79.6 Å². The number of rotatable bonds is 13. The summed E-state index contributed by atoms with van der Waals surface area (Å²) in [5, 5.41) is 39.8. The maximum absolute atomic E-state index is 14.6. The normalized spacial score (nSPS) is 15.6. The second-order valence-electron chi connectivity index (χ2n) is 28.1. The molecule has 11 rings (SSSR count). The Kier molecular flexibility index (Phi) is 25.4. The number of ether oxygens (including phenoxy) is 4. The molecule has 0 unspecified atom stereocenters. The van der Waals surface area contributed by atoms with Crippen LogP contribution in [0.25, 0.3) is 34.2 Å². The highest BCUT2D eigenvalue weighted by Crippen LogP contribution is 2.34. The van der Waals surface area contributed by atoms with Gasteiger partial charge in [0, 0.05) is 141 Å². The van der Waals surface area contributed by atoms with Gasteiger partial charge in [-0.05, 0) is 156 Å². The molecule has 0 atom stereocenters. The van der Waals surface area contributed by atoms with Crippen LogP contribution in [-0.4, -0.2) is 196 Å². The smallest absolute Gasteiger partial charge is 0.410 e. The van der Waals surface area contributed by atoms with Gasteiger partial charge < -0.3 is 88.6 Å². The van der Waals surface area contributed by atoms with Crippen molar-refractivity contribution in [3.8, 4) is 34.2 Å². The van der Waals surface area contributed by atoms with E-state index in [1.807, 2.05) is 61.1 Å². The maximum atomic E-state index is 14.6. The van der Waals surface area contributed by atoms with E-state index in [4.69, 9.17) is 43.5 Å². The fourth-order valence-corrected chi connectivity index (χ4v) is 10.9. The number of carbonyl (C=O) groups excluding carboxylic acids is 4. The van der Waals surface area contributed by atoms with Crippen LogP contribution in [0.2, 0.25) is 0 Å². The van der Waals surface area contributed by atoms with E-state index < -0.39 is 45.8 Å². The van der Waals surface area contributed by atoms with Crippen LogP contribution in [0.15, 0.2) is 91.5 Å². The molecular weight excluding hydrogens is 1350 g/mol. The Morgan fingerprint density at radius 3 is 1.06 bits per heavy atom. The number of hydrogen-bond donors (Lipinski definition) is 5. The minimum atomic E-state index is -1.20. The third kappa shape index (κ3) is 21.7. The molecule has 2 amide bonds. The number of aromatic nitrogens is 6. The summed E-state index contributed by atoms with van der Waals surface area (Å²) in [6, 6.07) is 18.3. The van der Waals surface area contributed by atoms with E-state index in [0.29, 0.717) is 109 Å². The van der Waals surface area contributed by atoms with Gasteiger partial charge in [-0.3, -0.25) is 9.59 Å². The summed E-state index contributed by atoms with van der Waals surface area (Å²) in [5.74, 6) is -0.930. The summed E-state index contributed by atoms with van der Waals surface area (Å²) < 4.78 is 93.8. The summed E-state index contributed by atoms with van der Waals surface area (Å²) in [4.78, 5) is 70.5. The van der Waals surface area contributed by atoms with Gasteiger partial charge >= 0.3 is 24.1 Å². The number of halogens is 4. The second-order valence-corrected chi connectivity index (χ2v) is 28.1. The summed E-state index contributed by atoms with van der Waals surface area (Å²) in [6.45, 7) is 33.1. The molecule has 7 heterocycles. The average molecular weight is 1440 g/mol. The highest BCUT2D eigenvalue weighted by molar-refractivity contribution is 5.98. The van der Waals surface area contributed by atoms with E-state index in [9.17, 15) is 41.8 Å². The molecule has 6 N–H and O–H groups in total. The fraction of sp³-hybridized carbons (Fsp3) is 0.500. The fourth-order valence-electron chi connectivity index (χ4n) is 10.9. The van der Waals surface area contributed by atoms with E-state index in [1.165, 1.54) is 50.2 Å². The van der Waals surface area contributed by atoms with Crippen molar-refractivity contribution in [2.45, 2.75) is 125 Å². The predicted octanol–water partition coefficient (Wildman–Crippen LogP) is 9.30. The third-order valence-corrected chi connectivity index (χ3v) is 16.1. The van der Waals surface area contributed by atoms with Gasteiger partial charge in [0.25, 0.3) is 17.7 Å². The number of nitrogens with zero attached hydrogens (tertiary/aromatic N) is 13. The molecule has 4 aromatic carbocycles. The average Bonchev–Trinajstić information content (AvgIpc) is 1.74. The van der Waals surface area contributed by atoms with Crippen molar-refractivity contribution in [3.63, 3.8) is 0 Å². The van der Waals surface area contributed by atoms with Crippen molar-refractivity contribution in [1.82, 2.24) is 50.9 Å². The number of oxime groups is 1. The number of hydrogen-bond acceptors (Lipinski definition) is 26. The van der Waals surface area contributed by atoms with Crippen LogP contribution in [-0.2, 0) is 45.3 Å². The minimum absolute atomic E-state index is 0.0800. The monoisotopic (exact) mass is 1440 g/mol. The lowest BCUT2D eigenvalue weighted by Crippen LogP contribution is -2.50. The molecule has 4 fully saturated rings. The molecule has 558 valence electrons. The van der Waals surface area contributed by atoms with Gasteiger partial charge in [-0.1, -0.05) is 20.6 Å². The summed E-state index contributed by atoms with van der Waals surface area (Å²) >= 11 is 0. The number of nitrogens with one attached hydrogen (secondary N) is 2. The number of piperazine rings is 4. The van der Waals surface area contributed by atoms with Gasteiger partial charge in [0.2, 0.25) is 17.5 Å². The second kappa shape index (κ2) is 33.3. The first-order valence-corrected chi connectivity index (χ1v) is 33.6. The molecule has 0 saturated carbocycles. The Hall–Kier alpha value is -10.2. The van der Waals surface area contributed by atoms with E-state index in [1.54, 1.807) is 87.7 Å². The number of carbonyl (C=O) groups is 4. The quantitative estimate of drug-likeness (QED) is 0.0136. The first-order valence-electron chi connectivity index (χ1n) is 33.6. The number of amidine groups is 1. The van der Waals surface area contributed by atoms with Crippen LogP contribution in [0.3, 0.4) is 0 Å². The van der Waals surface area contributed by atoms with Crippen molar-refractivity contribution in [3.05, 3.63) is 119 Å². The van der Waals surface area contributed by atoms with E-state index >= 15 is 0 Å². The molecule has 29 nitrogen and oxygen atoms in total. The van der Waals surface area contributed by atoms with Gasteiger partial charge in [0.15, 0.2) is 17.0 Å². The van der Waals surface area contributed by atoms with E-state index in [2.05, 4.69) is 46.2 Å². The molecule has 4 aliphatic rings. The van der Waals surface area contributed by atoms with Crippen LogP contribution < -0.4 is 36.0 Å². The summed E-state index contributed by atoms with van der Waals surface area (Å²) in [5.41, 5.74) is 5.22.